The van der Waals surface area contributed by atoms with E-state index in [2.05, 4.69) is 0 Å². The monoisotopic (exact) mass is 308 g/mol. The van der Waals surface area contributed by atoms with Crippen molar-refractivity contribution < 1.29 is 13.9 Å². The molecular formula is C17H25FN2O2. The van der Waals surface area contributed by atoms with Crippen molar-refractivity contribution in [2.75, 3.05) is 13.1 Å². The first-order valence-corrected chi connectivity index (χ1v) is 7.67. The molecule has 2 atom stereocenters. The van der Waals surface area contributed by atoms with Crippen molar-refractivity contribution in [3.63, 3.8) is 0 Å². The lowest BCUT2D eigenvalue weighted by molar-refractivity contribution is 0.0186. The highest BCUT2D eigenvalue weighted by molar-refractivity contribution is 5.68. The van der Waals surface area contributed by atoms with Crippen LogP contribution in [0, 0.1) is 12.7 Å². The summed E-state index contributed by atoms with van der Waals surface area (Å²) >= 11 is 0. The zero-order valence-electron chi connectivity index (χ0n) is 13.7. The van der Waals surface area contributed by atoms with E-state index in [9.17, 15) is 9.18 Å². The molecule has 5 heteroatoms. The molecule has 0 spiro atoms. The zero-order valence-corrected chi connectivity index (χ0v) is 13.7. The Morgan fingerprint density at radius 3 is 2.64 bits per heavy atom. The van der Waals surface area contributed by atoms with Crippen LogP contribution in [-0.2, 0) is 4.74 Å². The molecule has 1 amide bonds. The fourth-order valence-electron chi connectivity index (χ4n) is 2.92. The first kappa shape index (κ1) is 16.7. The number of likely N-dealkylation sites (tertiary alicyclic amines) is 1. The Morgan fingerprint density at radius 1 is 1.41 bits per heavy atom. The summed E-state index contributed by atoms with van der Waals surface area (Å²) in [6.45, 7) is 8.49. The summed E-state index contributed by atoms with van der Waals surface area (Å²) in [5, 5.41) is 0. The molecule has 1 aliphatic rings. The Kier molecular flexibility index (Phi) is 4.75. The van der Waals surface area contributed by atoms with E-state index in [0.717, 1.165) is 17.5 Å². The molecule has 0 unspecified atom stereocenters. The molecule has 1 aliphatic heterocycles. The number of carbonyl (C=O) groups excluding carboxylic acids is 1. The number of halogens is 1. The summed E-state index contributed by atoms with van der Waals surface area (Å²) in [5.41, 5.74) is 7.73. The van der Waals surface area contributed by atoms with Crippen molar-refractivity contribution in [1.82, 2.24) is 4.90 Å². The molecule has 1 fully saturated rings. The van der Waals surface area contributed by atoms with Gasteiger partial charge in [0.2, 0.25) is 0 Å². The van der Waals surface area contributed by atoms with Gasteiger partial charge in [-0.3, -0.25) is 0 Å². The van der Waals surface area contributed by atoms with Crippen LogP contribution in [-0.4, -0.2) is 35.7 Å². The number of ether oxygens (including phenoxy) is 1. The summed E-state index contributed by atoms with van der Waals surface area (Å²) in [6.07, 6.45) is 0.435. The molecule has 0 aliphatic carbocycles. The third kappa shape index (κ3) is 3.97. The smallest absolute Gasteiger partial charge is 0.410 e. The van der Waals surface area contributed by atoms with Crippen molar-refractivity contribution in [2.24, 2.45) is 5.73 Å². The second-order valence-corrected chi connectivity index (χ2v) is 6.99. The summed E-state index contributed by atoms with van der Waals surface area (Å²) in [6, 6.07) is 4.63. The van der Waals surface area contributed by atoms with Crippen LogP contribution in [0.4, 0.5) is 9.18 Å². The largest absolute Gasteiger partial charge is 0.444 e. The van der Waals surface area contributed by atoms with Gasteiger partial charge in [0.05, 0.1) is 0 Å². The number of piperidine rings is 1. The average molecular weight is 308 g/mol. The maximum atomic E-state index is 13.2. The zero-order chi connectivity index (χ0) is 16.5. The highest BCUT2D eigenvalue weighted by Gasteiger charge is 2.32. The van der Waals surface area contributed by atoms with Crippen molar-refractivity contribution in [3.05, 3.63) is 35.1 Å². The summed E-state index contributed by atoms with van der Waals surface area (Å²) < 4.78 is 18.6. The average Bonchev–Trinajstić information content (AvgIpc) is 2.37. The van der Waals surface area contributed by atoms with Gasteiger partial charge in [0.25, 0.3) is 0 Å². The van der Waals surface area contributed by atoms with E-state index >= 15 is 0 Å². The van der Waals surface area contributed by atoms with E-state index in [1.165, 1.54) is 12.1 Å². The predicted molar refractivity (Wildman–Crippen MR) is 84.3 cm³/mol. The van der Waals surface area contributed by atoms with Gasteiger partial charge in [-0.2, -0.15) is 0 Å². The molecule has 1 aromatic carbocycles. The minimum atomic E-state index is -0.508. The predicted octanol–water partition coefficient (Wildman–Crippen LogP) is 3.19. The van der Waals surface area contributed by atoms with E-state index < -0.39 is 5.60 Å². The Hall–Kier alpha value is -1.62. The number of nitrogens with zero attached hydrogens (tertiary/aromatic N) is 1. The standard InChI is InChI=1S/C17H25FN2O2/c1-11-9-12(18)5-6-13(11)14-7-8-20(10-15(14)19)16(21)22-17(2,3)4/h5-6,9,14-15H,7-8,10,19H2,1-4H3/t14-,15+/m0/s1. The SMILES string of the molecule is Cc1cc(F)ccc1[C@@H]1CCN(C(=O)OC(C)(C)C)C[C@H]1N. The van der Waals surface area contributed by atoms with Gasteiger partial charge in [0, 0.05) is 25.0 Å². The highest BCUT2D eigenvalue weighted by Crippen LogP contribution is 2.30. The molecular weight excluding hydrogens is 283 g/mol. The van der Waals surface area contributed by atoms with E-state index in [-0.39, 0.29) is 23.9 Å². The molecule has 4 nitrogen and oxygen atoms in total. The second kappa shape index (κ2) is 6.24. The molecule has 1 saturated heterocycles. The van der Waals surface area contributed by atoms with Crippen LogP contribution in [0.25, 0.3) is 0 Å². The first-order valence-electron chi connectivity index (χ1n) is 7.67. The lowest BCUT2D eigenvalue weighted by Gasteiger charge is -2.38. The number of amides is 1. The number of hydrogen-bond acceptors (Lipinski definition) is 3. The molecule has 0 radical (unpaired) electrons. The number of rotatable bonds is 1. The van der Waals surface area contributed by atoms with Gasteiger partial charge in [0.1, 0.15) is 11.4 Å². The van der Waals surface area contributed by atoms with Crippen LogP contribution < -0.4 is 5.73 Å². The van der Waals surface area contributed by atoms with Crippen LogP contribution >= 0.6 is 0 Å². The summed E-state index contributed by atoms with van der Waals surface area (Å²) in [5.74, 6) is -0.0969. The maximum absolute atomic E-state index is 13.2. The lowest BCUT2D eigenvalue weighted by atomic mass is 9.83. The highest BCUT2D eigenvalue weighted by atomic mass is 19.1. The number of aryl methyl sites for hydroxylation is 1. The van der Waals surface area contributed by atoms with Gasteiger partial charge >= 0.3 is 6.09 Å². The molecule has 122 valence electrons. The molecule has 0 bridgehead atoms. The molecule has 1 aromatic rings. The second-order valence-electron chi connectivity index (χ2n) is 6.99. The lowest BCUT2D eigenvalue weighted by Crippen LogP contribution is -2.50. The minimum absolute atomic E-state index is 0.138. The van der Waals surface area contributed by atoms with Crippen molar-refractivity contribution >= 4 is 6.09 Å². The maximum Gasteiger partial charge on any atom is 0.410 e. The van der Waals surface area contributed by atoms with Gasteiger partial charge in [0.15, 0.2) is 0 Å². The number of benzene rings is 1. The normalized spacial score (nSPS) is 22.5. The van der Waals surface area contributed by atoms with Crippen LogP contribution in [0.15, 0.2) is 18.2 Å². The van der Waals surface area contributed by atoms with Gasteiger partial charge in [-0.25, -0.2) is 9.18 Å². The molecule has 0 saturated carbocycles. The van der Waals surface area contributed by atoms with Gasteiger partial charge in [-0.05, 0) is 57.4 Å². The Balaban J connectivity index is 2.05. The quantitative estimate of drug-likeness (QED) is 0.867. The molecule has 22 heavy (non-hydrogen) atoms. The number of hydrogen-bond donors (Lipinski definition) is 1. The summed E-state index contributed by atoms with van der Waals surface area (Å²) in [7, 11) is 0. The van der Waals surface area contributed by atoms with Crippen LogP contribution in [0.5, 0.6) is 0 Å². The van der Waals surface area contributed by atoms with Gasteiger partial charge in [-0.1, -0.05) is 6.07 Å². The Morgan fingerprint density at radius 2 is 2.09 bits per heavy atom. The first-order chi connectivity index (χ1) is 10.2. The molecule has 2 N–H and O–H groups in total. The van der Waals surface area contributed by atoms with Crippen LogP contribution in [0.3, 0.4) is 0 Å². The van der Waals surface area contributed by atoms with Gasteiger partial charge in [-0.15, -0.1) is 0 Å². The minimum Gasteiger partial charge on any atom is -0.444 e. The van der Waals surface area contributed by atoms with E-state index in [0.29, 0.717) is 13.1 Å². The molecule has 0 aromatic heterocycles. The van der Waals surface area contributed by atoms with E-state index in [1.807, 2.05) is 27.7 Å². The third-order valence-corrected chi connectivity index (χ3v) is 3.94. The Labute approximate surface area is 131 Å². The fraction of sp³-hybridized carbons (Fsp3) is 0.588. The van der Waals surface area contributed by atoms with Crippen LogP contribution in [0.2, 0.25) is 0 Å². The van der Waals surface area contributed by atoms with Crippen molar-refractivity contribution in [3.8, 4) is 0 Å². The molecule has 1 heterocycles. The van der Waals surface area contributed by atoms with Crippen LogP contribution in [0.1, 0.15) is 44.2 Å². The van der Waals surface area contributed by atoms with E-state index in [4.69, 9.17) is 10.5 Å². The number of carbonyl (C=O) groups is 1. The summed E-state index contributed by atoms with van der Waals surface area (Å²) in [4.78, 5) is 13.8. The molecule has 2 rings (SSSR count). The fourth-order valence-corrected chi connectivity index (χ4v) is 2.92. The third-order valence-electron chi connectivity index (χ3n) is 3.94. The van der Waals surface area contributed by atoms with E-state index in [1.54, 1.807) is 11.0 Å². The Bertz CT molecular complexity index is 554. The van der Waals surface area contributed by atoms with Gasteiger partial charge < -0.3 is 15.4 Å². The number of nitrogens with two attached hydrogens (primary N) is 1. The van der Waals surface area contributed by atoms with Crippen molar-refractivity contribution in [2.45, 2.75) is 51.7 Å². The van der Waals surface area contributed by atoms with Crippen molar-refractivity contribution in [1.29, 1.82) is 0 Å². The topological polar surface area (TPSA) is 55.6 Å².